The highest BCUT2D eigenvalue weighted by molar-refractivity contribution is 9.10. The number of ether oxygens (including phenoxy) is 1. The SMILES string of the molecule is CNC1CCOc2c(Br)cc(Cl)c(F)c21. The van der Waals surface area contributed by atoms with Crippen LogP contribution in [-0.2, 0) is 0 Å². The lowest BCUT2D eigenvalue weighted by molar-refractivity contribution is 0.250. The van der Waals surface area contributed by atoms with E-state index in [0.29, 0.717) is 22.4 Å². The van der Waals surface area contributed by atoms with Gasteiger partial charge in [-0.05, 0) is 29.0 Å². The van der Waals surface area contributed by atoms with E-state index >= 15 is 0 Å². The Kier molecular flexibility index (Phi) is 3.19. The summed E-state index contributed by atoms with van der Waals surface area (Å²) in [4.78, 5) is 0. The molecule has 1 atom stereocenters. The van der Waals surface area contributed by atoms with E-state index in [-0.39, 0.29) is 11.1 Å². The van der Waals surface area contributed by atoms with Gasteiger partial charge in [0.2, 0.25) is 0 Å². The second kappa shape index (κ2) is 4.28. The number of hydrogen-bond donors (Lipinski definition) is 1. The van der Waals surface area contributed by atoms with Gasteiger partial charge in [0.15, 0.2) is 0 Å². The van der Waals surface area contributed by atoms with Crippen LogP contribution in [-0.4, -0.2) is 13.7 Å². The van der Waals surface area contributed by atoms with Crippen LogP contribution in [0.1, 0.15) is 18.0 Å². The zero-order chi connectivity index (χ0) is 11.0. The Morgan fingerprint density at radius 3 is 3.07 bits per heavy atom. The normalized spacial score (nSPS) is 19.6. The van der Waals surface area contributed by atoms with Gasteiger partial charge in [0, 0.05) is 18.0 Å². The van der Waals surface area contributed by atoms with Crippen molar-refractivity contribution in [1.29, 1.82) is 0 Å². The van der Waals surface area contributed by atoms with Crippen LogP contribution in [0.15, 0.2) is 10.5 Å². The Labute approximate surface area is 101 Å². The number of rotatable bonds is 1. The quantitative estimate of drug-likeness (QED) is 0.803. The fourth-order valence-corrected chi connectivity index (χ4v) is 2.67. The fourth-order valence-electron chi connectivity index (χ4n) is 1.77. The van der Waals surface area contributed by atoms with Gasteiger partial charge in [-0.2, -0.15) is 0 Å². The minimum absolute atomic E-state index is 0.0382. The third-order valence-corrected chi connectivity index (χ3v) is 3.38. The number of fused-ring (bicyclic) bond motifs is 1. The molecule has 1 aromatic carbocycles. The second-order valence-electron chi connectivity index (χ2n) is 3.38. The molecular formula is C10H10BrClFNO. The lowest BCUT2D eigenvalue weighted by atomic mass is 10.00. The van der Waals surface area contributed by atoms with Crippen LogP contribution in [0.5, 0.6) is 5.75 Å². The van der Waals surface area contributed by atoms with Crippen molar-refractivity contribution in [2.45, 2.75) is 12.5 Å². The molecule has 0 spiro atoms. The molecule has 1 unspecified atom stereocenters. The van der Waals surface area contributed by atoms with Crippen LogP contribution in [0.3, 0.4) is 0 Å². The molecule has 2 rings (SSSR count). The third-order valence-electron chi connectivity index (χ3n) is 2.51. The molecular weight excluding hydrogens is 284 g/mol. The predicted molar refractivity (Wildman–Crippen MR) is 61.0 cm³/mol. The first-order valence-electron chi connectivity index (χ1n) is 4.62. The molecule has 15 heavy (non-hydrogen) atoms. The molecule has 82 valence electrons. The first-order chi connectivity index (χ1) is 7.15. The van der Waals surface area contributed by atoms with Gasteiger partial charge in [0.25, 0.3) is 0 Å². The van der Waals surface area contributed by atoms with Gasteiger partial charge in [-0.25, -0.2) is 4.39 Å². The first kappa shape index (κ1) is 11.2. The highest BCUT2D eigenvalue weighted by Gasteiger charge is 2.27. The average Bonchev–Trinajstić information content (AvgIpc) is 2.25. The van der Waals surface area contributed by atoms with E-state index in [1.54, 1.807) is 7.05 Å². The smallest absolute Gasteiger partial charge is 0.150 e. The summed E-state index contributed by atoms with van der Waals surface area (Å²) in [5.41, 5.74) is 0.517. The summed E-state index contributed by atoms with van der Waals surface area (Å²) >= 11 is 9.10. The molecule has 1 aliphatic rings. The molecule has 0 radical (unpaired) electrons. The van der Waals surface area contributed by atoms with Crippen molar-refractivity contribution in [3.63, 3.8) is 0 Å². The van der Waals surface area contributed by atoms with Crippen LogP contribution in [0, 0.1) is 5.82 Å². The Morgan fingerprint density at radius 1 is 1.67 bits per heavy atom. The molecule has 0 amide bonds. The van der Waals surface area contributed by atoms with E-state index in [1.807, 2.05) is 0 Å². The Balaban J connectivity index is 2.62. The fraction of sp³-hybridized carbons (Fsp3) is 0.400. The van der Waals surface area contributed by atoms with Gasteiger partial charge in [-0.1, -0.05) is 11.6 Å². The van der Waals surface area contributed by atoms with Gasteiger partial charge < -0.3 is 10.1 Å². The predicted octanol–water partition coefficient (Wildman–Crippen LogP) is 3.28. The monoisotopic (exact) mass is 293 g/mol. The summed E-state index contributed by atoms with van der Waals surface area (Å²) in [5.74, 6) is 0.163. The van der Waals surface area contributed by atoms with Crippen LogP contribution >= 0.6 is 27.5 Å². The average molecular weight is 295 g/mol. The van der Waals surface area contributed by atoms with E-state index in [9.17, 15) is 4.39 Å². The van der Waals surface area contributed by atoms with E-state index in [2.05, 4.69) is 21.2 Å². The molecule has 2 nitrogen and oxygen atoms in total. The molecule has 5 heteroatoms. The van der Waals surface area contributed by atoms with Crippen molar-refractivity contribution < 1.29 is 9.13 Å². The summed E-state index contributed by atoms with van der Waals surface area (Å²) in [6, 6.07) is 1.48. The zero-order valence-corrected chi connectivity index (χ0v) is 10.5. The van der Waals surface area contributed by atoms with Crippen LogP contribution in [0.2, 0.25) is 5.02 Å². The Bertz CT molecular complexity index is 399. The number of benzene rings is 1. The molecule has 0 bridgehead atoms. The van der Waals surface area contributed by atoms with Crippen molar-refractivity contribution in [3.8, 4) is 5.75 Å². The van der Waals surface area contributed by atoms with Crippen LogP contribution in [0.4, 0.5) is 4.39 Å². The molecule has 0 aliphatic carbocycles. The summed E-state index contributed by atoms with van der Waals surface area (Å²) in [6.07, 6.45) is 0.743. The minimum atomic E-state index is -0.395. The largest absolute Gasteiger partial charge is 0.492 e. The maximum absolute atomic E-state index is 13.8. The van der Waals surface area contributed by atoms with Gasteiger partial charge >= 0.3 is 0 Å². The van der Waals surface area contributed by atoms with Crippen molar-refractivity contribution in [2.75, 3.05) is 13.7 Å². The summed E-state index contributed by atoms with van der Waals surface area (Å²) in [6.45, 7) is 0.582. The van der Waals surface area contributed by atoms with Crippen molar-refractivity contribution in [3.05, 3.63) is 26.9 Å². The maximum atomic E-state index is 13.8. The molecule has 1 aromatic rings. The standard InChI is InChI=1S/C10H10BrClFNO/c1-14-7-2-3-15-10-5(11)4-6(12)9(13)8(7)10/h4,7,14H,2-3H2,1H3. The molecule has 0 saturated carbocycles. The van der Waals surface area contributed by atoms with Crippen LogP contribution < -0.4 is 10.1 Å². The first-order valence-corrected chi connectivity index (χ1v) is 5.79. The molecule has 0 saturated heterocycles. The third kappa shape index (κ3) is 1.86. The second-order valence-corrected chi connectivity index (χ2v) is 4.64. The molecule has 1 N–H and O–H groups in total. The van der Waals surface area contributed by atoms with Crippen molar-refractivity contribution in [2.24, 2.45) is 0 Å². The number of nitrogens with one attached hydrogen (secondary N) is 1. The highest BCUT2D eigenvalue weighted by Crippen LogP contribution is 2.42. The lowest BCUT2D eigenvalue weighted by Gasteiger charge is -2.27. The van der Waals surface area contributed by atoms with E-state index in [1.165, 1.54) is 6.07 Å². The van der Waals surface area contributed by atoms with Crippen molar-refractivity contribution >= 4 is 27.5 Å². The maximum Gasteiger partial charge on any atom is 0.150 e. The molecule has 0 aromatic heterocycles. The van der Waals surface area contributed by atoms with Gasteiger partial charge in [0.1, 0.15) is 11.6 Å². The molecule has 1 aliphatic heterocycles. The van der Waals surface area contributed by atoms with Crippen molar-refractivity contribution in [1.82, 2.24) is 5.32 Å². The van der Waals surface area contributed by atoms with E-state index in [4.69, 9.17) is 16.3 Å². The lowest BCUT2D eigenvalue weighted by Crippen LogP contribution is -2.25. The summed E-state index contributed by atoms with van der Waals surface area (Å²) in [7, 11) is 1.80. The van der Waals surface area contributed by atoms with Gasteiger partial charge in [0.05, 0.1) is 16.1 Å². The Morgan fingerprint density at radius 2 is 2.40 bits per heavy atom. The number of halogens is 3. The van der Waals surface area contributed by atoms with Crippen LogP contribution in [0.25, 0.3) is 0 Å². The van der Waals surface area contributed by atoms with E-state index in [0.717, 1.165) is 6.42 Å². The summed E-state index contributed by atoms with van der Waals surface area (Å²) < 4.78 is 20.0. The Hall–Kier alpha value is -0.320. The topological polar surface area (TPSA) is 21.3 Å². The molecule has 0 fully saturated rings. The minimum Gasteiger partial charge on any atom is -0.492 e. The number of hydrogen-bond acceptors (Lipinski definition) is 2. The summed E-state index contributed by atoms with van der Waals surface area (Å²) in [5, 5.41) is 3.17. The van der Waals surface area contributed by atoms with E-state index < -0.39 is 5.82 Å². The highest BCUT2D eigenvalue weighted by atomic mass is 79.9. The van der Waals surface area contributed by atoms with Gasteiger partial charge in [-0.15, -0.1) is 0 Å². The molecule has 1 heterocycles. The zero-order valence-electron chi connectivity index (χ0n) is 8.11. The van der Waals surface area contributed by atoms with Gasteiger partial charge in [-0.3, -0.25) is 0 Å².